The Morgan fingerprint density at radius 3 is 2.67 bits per heavy atom. The SMILES string of the molecule is COC(=O)Cc1ccc(CNCC(O)c2ccccc2)s1. The molecule has 0 aliphatic heterocycles. The second-order valence-corrected chi connectivity index (χ2v) is 5.93. The summed E-state index contributed by atoms with van der Waals surface area (Å²) in [7, 11) is 1.39. The van der Waals surface area contributed by atoms with E-state index in [0.717, 1.165) is 15.3 Å². The van der Waals surface area contributed by atoms with Gasteiger partial charge in [0, 0.05) is 22.8 Å². The Morgan fingerprint density at radius 2 is 1.95 bits per heavy atom. The number of esters is 1. The summed E-state index contributed by atoms with van der Waals surface area (Å²) in [6, 6.07) is 13.5. The third kappa shape index (κ3) is 4.97. The lowest BCUT2D eigenvalue weighted by Crippen LogP contribution is -2.20. The van der Waals surface area contributed by atoms with Crippen molar-refractivity contribution in [3.63, 3.8) is 0 Å². The predicted molar refractivity (Wildman–Crippen MR) is 83.1 cm³/mol. The third-order valence-corrected chi connectivity index (χ3v) is 4.17. The molecular weight excluding hydrogens is 286 g/mol. The number of aliphatic hydroxyl groups is 1. The Hall–Kier alpha value is -1.69. The molecule has 2 rings (SSSR count). The maximum Gasteiger partial charge on any atom is 0.310 e. The summed E-state index contributed by atoms with van der Waals surface area (Å²) in [6.07, 6.45) is -0.200. The molecule has 0 saturated heterocycles. The number of nitrogens with one attached hydrogen (secondary N) is 1. The lowest BCUT2D eigenvalue weighted by molar-refractivity contribution is -0.139. The number of benzene rings is 1. The summed E-state index contributed by atoms with van der Waals surface area (Å²) in [6.45, 7) is 1.17. The van der Waals surface area contributed by atoms with Gasteiger partial charge in [-0.25, -0.2) is 0 Å². The zero-order valence-electron chi connectivity index (χ0n) is 11.9. The van der Waals surface area contributed by atoms with E-state index in [1.807, 2.05) is 42.5 Å². The van der Waals surface area contributed by atoms with Crippen molar-refractivity contribution >= 4 is 17.3 Å². The highest BCUT2D eigenvalue weighted by molar-refractivity contribution is 7.12. The molecule has 1 atom stereocenters. The van der Waals surface area contributed by atoms with Gasteiger partial charge in [-0.3, -0.25) is 4.79 Å². The number of thiophene rings is 1. The molecule has 0 spiro atoms. The lowest BCUT2D eigenvalue weighted by atomic mass is 10.1. The van der Waals surface area contributed by atoms with E-state index >= 15 is 0 Å². The Bertz CT molecular complexity index is 568. The highest BCUT2D eigenvalue weighted by Gasteiger charge is 2.08. The molecule has 0 aliphatic carbocycles. The van der Waals surface area contributed by atoms with E-state index in [1.54, 1.807) is 11.3 Å². The number of carbonyl (C=O) groups excluding carboxylic acids is 1. The van der Waals surface area contributed by atoms with Gasteiger partial charge in [0.25, 0.3) is 0 Å². The molecule has 1 aromatic heterocycles. The van der Waals surface area contributed by atoms with Crippen LogP contribution in [0.2, 0.25) is 0 Å². The van der Waals surface area contributed by atoms with Gasteiger partial charge < -0.3 is 15.2 Å². The fourth-order valence-corrected chi connectivity index (χ4v) is 2.93. The number of carbonyl (C=O) groups is 1. The fraction of sp³-hybridized carbons (Fsp3) is 0.312. The van der Waals surface area contributed by atoms with Crippen LogP contribution in [0.3, 0.4) is 0 Å². The van der Waals surface area contributed by atoms with Gasteiger partial charge in [0.2, 0.25) is 0 Å². The molecule has 0 aliphatic rings. The maximum absolute atomic E-state index is 11.2. The molecule has 112 valence electrons. The molecule has 4 nitrogen and oxygen atoms in total. The molecule has 1 unspecified atom stereocenters. The van der Waals surface area contributed by atoms with Crippen molar-refractivity contribution in [1.82, 2.24) is 5.32 Å². The number of hydrogen-bond acceptors (Lipinski definition) is 5. The van der Waals surface area contributed by atoms with Crippen LogP contribution in [0.1, 0.15) is 21.4 Å². The first-order chi connectivity index (χ1) is 10.2. The normalized spacial score (nSPS) is 12.1. The molecular formula is C16H19NO3S. The smallest absolute Gasteiger partial charge is 0.310 e. The van der Waals surface area contributed by atoms with Gasteiger partial charge in [0.1, 0.15) is 0 Å². The van der Waals surface area contributed by atoms with Gasteiger partial charge in [-0.05, 0) is 17.7 Å². The van der Waals surface area contributed by atoms with E-state index in [1.165, 1.54) is 7.11 Å². The van der Waals surface area contributed by atoms with Crippen molar-refractivity contribution in [1.29, 1.82) is 0 Å². The number of hydrogen-bond donors (Lipinski definition) is 2. The topological polar surface area (TPSA) is 58.6 Å². The Labute approximate surface area is 128 Å². The second-order valence-electron chi connectivity index (χ2n) is 4.68. The van der Waals surface area contributed by atoms with Crippen molar-refractivity contribution in [2.24, 2.45) is 0 Å². The molecule has 1 heterocycles. The van der Waals surface area contributed by atoms with E-state index in [-0.39, 0.29) is 5.97 Å². The number of methoxy groups -OCH3 is 1. The van der Waals surface area contributed by atoms with Crippen molar-refractivity contribution in [3.8, 4) is 0 Å². The molecule has 0 saturated carbocycles. The molecule has 1 aromatic carbocycles. The Balaban J connectivity index is 1.77. The van der Waals surface area contributed by atoms with Crippen molar-refractivity contribution in [2.75, 3.05) is 13.7 Å². The van der Waals surface area contributed by atoms with Crippen LogP contribution in [0.4, 0.5) is 0 Å². The maximum atomic E-state index is 11.2. The summed E-state index contributed by atoms with van der Waals surface area (Å²) in [5, 5.41) is 13.3. The first-order valence-electron chi connectivity index (χ1n) is 6.77. The minimum absolute atomic E-state index is 0.226. The van der Waals surface area contributed by atoms with Crippen LogP contribution < -0.4 is 5.32 Å². The number of aliphatic hydroxyl groups excluding tert-OH is 1. The van der Waals surface area contributed by atoms with Crippen molar-refractivity contribution < 1.29 is 14.6 Å². The lowest BCUT2D eigenvalue weighted by Gasteiger charge is -2.11. The molecule has 0 bridgehead atoms. The Kier molecular flexibility index (Phi) is 5.92. The summed E-state index contributed by atoms with van der Waals surface area (Å²) in [5.74, 6) is -0.226. The van der Waals surface area contributed by atoms with E-state index in [0.29, 0.717) is 19.5 Å². The number of rotatable bonds is 7. The average molecular weight is 305 g/mol. The quantitative estimate of drug-likeness (QED) is 0.771. The predicted octanol–water partition coefficient (Wildman–Crippen LogP) is 2.29. The molecule has 2 aromatic rings. The minimum Gasteiger partial charge on any atom is -0.469 e. The van der Waals surface area contributed by atoms with Crippen LogP contribution in [0.25, 0.3) is 0 Å². The highest BCUT2D eigenvalue weighted by Crippen LogP contribution is 2.18. The number of ether oxygens (including phenoxy) is 1. The second kappa shape index (κ2) is 7.93. The van der Waals surface area contributed by atoms with Gasteiger partial charge in [-0.1, -0.05) is 30.3 Å². The first kappa shape index (κ1) is 15.7. The minimum atomic E-state index is -0.513. The average Bonchev–Trinajstić information content (AvgIpc) is 2.95. The van der Waals surface area contributed by atoms with Gasteiger partial charge in [-0.2, -0.15) is 0 Å². The molecule has 2 N–H and O–H groups in total. The summed E-state index contributed by atoms with van der Waals surface area (Å²) < 4.78 is 4.64. The summed E-state index contributed by atoms with van der Waals surface area (Å²) in [4.78, 5) is 13.3. The van der Waals surface area contributed by atoms with Crippen molar-refractivity contribution in [2.45, 2.75) is 19.1 Å². The van der Waals surface area contributed by atoms with Gasteiger partial charge in [0.15, 0.2) is 0 Å². The first-order valence-corrected chi connectivity index (χ1v) is 7.59. The summed E-state index contributed by atoms with van der Waals surface area (Å²) in [5.41, 5.74) is 0.905. The molecule has 21 heavy (non-hydrogen) atoms. The zero-order chi connectivity index (χ0) is 15.1. The van der Waals surface area contributed by atoms with Crippen LogP contribution in [0.15, 0.2) is 42.5 Å². The highest BCUT2D eigenvalue weighted by atomic mass is 32.1. The van der Waals surface area contributed by atoms with E-state index in [2.05, 4.69) is 10.1 Å². The van der Waals surface area contributed by atoms with Crippen LogP contribution >= 0.6 is 11.3 Å². The van der Waals surface area contributed by atoms with E-state index < -0.39 is 6.10 Å². The van der Waals surface area contributed by atoms with Gasteiger partial charge >= 0.3 is 5.97 Å². The van der Waals surface area contributed by atoms with Crippen LogP contribution in [0, 0.1) is 0 Å². The van der Waals surface area contributed by atoms with E-state index in [4.69, 9.17) is 0 Å². The van der Waals surface area contributed by atoms with Crippen molar-refractivity contribution in [3.05, 3.63) is 57.8 Å². The van der Waals surface area contributed by atoms with Crippen LogP contribution in [-0.2, 0) is 22.5 Å². The van der Waals surface area contributed by atoms with Gasteiger partial charge in [0.05, 0.1) is 19.6 Å². The van der Waals surface area contributed by atoms with E-state index in [9.17, 15) is 9.90 Å². The standard InChI is InChI=1S/C16H19NO3S/c1-20-16(19)9-13-7-8-14(21-13)10-17-11-15(18)12-5-3-2-4-6-12/h2-8,15,17-18H,9-11H2,1H3. The van der Waals surface area contributed by atoms with Crippen LogP contribution in [-0.4, -0.2) is 24.7 Å². The molecule has 0 fully saturated rings. The monoisotopic (exact) mass is 305 g/mol. The van der Waals surface area contributed by atoms with Crippen LogP contribution in [0.5, 0.6) is 0 Å². The molecule has 0 amide bonds. The zero-order valence-corrected chi connectivity index (χ0v) is 12.7. The molecule has 0 radical (unpaired) electrons. The fourth-order valence-electron chi connectivity index (χ4n) is 1.95. The molecule has 5 heteroatoms. The summed E-state index contributed by atoms with van der Waals surface area (Å²) >= 11 is 1.58. The largest absolute Gasteiger partial charge is 0.469 e. The third-order valence-electron chi connectivity index (χ3n) is 3.08. The van der Waals surface area contributed by atoms with Gasteiger partial charge in [-0.15, -0.1) is 11.3 Å². The Morgan fingerprint density at radius 1 is 1.24 bits per heavy atom.